The Morgan fingerprint density at radius 1 is 1.71 bits per heavy atom. The van der Waals surface area contributed by atoms with Crippen molar-refractivity contribution in [1.82, 2.24) is 5.32 Å². The van der Waals surface area contributed by atoms with Crippen LogP contribution in [0.15, 0.2) is 12.1 Å². The summed E-state index contributed by atoms with van der Waals surface area (Å²) in [5, 5.41) is 12.1. The van der Waals surface area contributed by atoms with Gasteiger partial charge in [0.15, 0.2) is 0 Å². The van der Waals surface area contributed by atoms with Crippen molar-refractivity contribution in [2.75, 3.05) is 0 Å². The Morgan fingerprint density at radius 2 is 2.43 bits per heavy atom. The molecule has 1 aromatic rings. The number of aromatic carboxylic acids is 1. The minimum atomic E-state index is -0.832. The van der Waals surface area contributed by atoms with Crippen molar-refractivity contribution in [3.8, 4) is 0 Å². The van der Waals surface area contributed by atoms with Crippen LogP contribution >= 0.6 is 11.3 Å². The van der Waals surface area contributed by atoms with E-state index in [-0.39, 0.29) is 0 Å². The molecule has 0 saturated heterocycles. The Kier molecular flexibility index (Phi) is 2.56. The molecule has 0 spiro atoms. The van der Waals surface area contributed by atoms with Crippen LogP contribution in [-0.4, -0.2) is 17.1 Å². The normalized spacial score (nSPS) is 24.9. The zero-order valence-electron chi connectivity index (χ0n) is 7.99. The largest absolute Gasteiger partial charge is 0.477 e. The van der Waals surface area contributed by atoms with Crippen LogP contribution in [0.2, 0.25) is 0 Å². The molecule has 0 radical (unpaired) electrons. The first-order chi connectivity index (χ1) is 6.66. The van der Waals surface area contributed by atoms with Gasteiger partial charge in [0.25, 0.3) is 0 Å². The van der Waals surface area contributed by atoms with Gasteiger partial charge >= 0.3 is 5.97 Å². The molecular formula is C10H13NO2S. The van der Waals surface area contributed by atoms with Crippen molar-refractivity contribution in [1.29, 1.82) is 0 Å². The molecule has 1 saturated carbocycles. The average Bonchev–Trinajstić information content (AvgIpc) is 2.68. The maximum Gasteiger partial charge on any atom is 0.345 e. The second-order valence-electron chi connectivity index (χ2n) is 3.77. The number of carboxylic acids is 1. The number of hydrogen-bond donors (Lipinski definition) is 2. The summed E-state index contributed by atoms with van der Waals surface area (Å²) >= 11 is 1.35. The van der Waals surface area contributed by atoms with E-state index in [0.717, 1.165) is 17.3 Å². The SMILES string of the molecule is CC1CC1NCc1ccc(C(=O)O)s1. The van der Waals surface area contributed by atoms with E-state index in [0.29, 0.717) is 10.9 Å². The highest BCUT2D eigenvalue weighted by Gasteiger charge is 2.31. The first kappa shape index (κ1) is 9.68. The molecule has 0 bridgehead atoms. The number of rotatable bonds is 4. The lowest BCUT2D eigenvalue weighted by molar-refractivity contribution is 0.0702. The van der Waals surface area contributed by atoms with Crippen LogP contribution in [0.4, 0.5) is 0 Å². The van der Waals surface area contributed by atoms with E-state index in [1.165, 1.54) is 17.8 Å². The van der Waals surface area contributed by atoms with E-state index in [9.17, 15) is 4.79 Å². The molecule has 4 heteroatoms. The monoisotopic (exact) mass is 211 g/mol. The molecule has 1 aromatic heterocycles. The van der Waals surface area contributed by atoms with Gasteiger partial charge in [-0.3, -0.25) is 0 Å². The third kappa shape index (κ3) is 2.13. The van der Waals surface area contributed by atoms with Gasteiger partial charge in [-0.05, 0) is 24.5 Å². The van der Waals surface area contributed by atoms with Crippen molar-refractivity contribution < 1.29 is 9.90 Å². The molecule has 0 aliphatic heterocycles. The Morgan fingerprint density at radius 3 is 2.93 bits per heavy atom. The average molecular weight is 211 g/mol. The summed E-state index contributed by atoms with van der Waals surface area (Å²) in [5.41, 5.74) is 0. The Balaban J connectivity index is 1.87. The van der Waals surface area contributed by atoms with Crippen molar-refractivity contribution >= 4 is 17.3 Å². The van der Waals surface area contributed by atoms with Gasteiger partial charge in [0.1, 0.15) is 4.88 Å². The topological polar surface area (TPSA) is 49.3 Å². The molecule has 2 N–H and O–H groups in total. The number of nitrogens with one attached hydrogen (secondary N) is 1. The zero-order valence-corrected chi connectivity index (χ0v) is 8.80. The van der Waals surface area contributed by atoms with Crippen molar-refractivity contribution in [3.63, 3.8) is 0 Å². The molecular weight excluding hydrogens is 198 g/mol. The maximum atomic E-state index is 10.6. The van der Waals surface area contributed by atoms with Crippen molar-refractivity contribution in [2.24, 2.45) is 5.92 Å². The van der Waals surface area contributed by atoms with Gasteiger partial charge in [-0.2, -0.15) is 0 Å². The van der Waals surface area contributed by atoms with Crippen LogP contribution in [0.1, 0.15) is 27.9 Å². The molecule has 1 fully saturated rings. The molecule has 3 nitrogen and oxygen atoms in total. The standard InChI is InChI=1S/C10H13NO2S/c1-6-4-8(6)11-5-7-2-3-9(14-7)10(12)13/h2-3,6,8,11H,4-5H2,1H3,(H,12,13). The maximum absolute atomic E-state index is 10.6. The van der Waals surface area contributed by atoms with E-state index in [1.807, 2.05) is 6.07 Å². The summed E-state index contributed by atoms with van der Waals surface area (Å²) < 4.78 is 0. The van der Waals surface area contributed by atoms with Crippen LogP contribution in [0.5, 0.6) is 0 Å². The van der Waals surface area contributed by atoms with E-state index < -0.39 is 5.97 Å². The Hall–Kier alpha value is -0.870. The molecule has 2 unspecified atom stereocenters. The summed E-state index contributed by atoms with van der Waals surface area (Å²) in [4.78, 5) is 12.1. The van der Waals surface area contributed by atoms with Gasteiger partial charge in [-0.1, -0.05) is 6.92 Å². The van der Waals surface area contributed by atoms with E-state index in [2.05, 4.69) is 12.2 Å². The zero-order chi connectivity index (χ0) is 10.1. The fraction of sp³-hybridized carbons (Fsp3) is 0.500. The van der Waals surface area contributed by atoms with Gasteiger partial charge in [0, 0.05) is 17.5 Å². The highest BCUT2D eigenvalue weighted by atomic mass is 32.1. The van der Waals surface area contributed by atoms with Crippen LogP contribution < -0.4 is 5.32 Å². The molecule has 2 rings (SSSR count). The molecule has 0 amide bonds. The second-order valence-corrected chi connectivity index (χ2v) is 4.94. The van der Waals surface area contributed by atoms with E-state index >= 15 is 0 Å². The smallest absolute Gasteiger partial charge is 0.345 e. The number of carbonyl (C=O) groups is 1. The van der Waals surface area contributed by atoms with Gasteiger partial charge in [-0.15, -0.1) is 11.3 Å². The fourth-order valence-corrected chi connectivity index (χ4v) is 2.22. The molecule has 14 heavy (non-hydrogen) atoms. The van der Waals surface area contributed by atoms with Crippen LogP contribution in [0.25, 0.3) is 0 Å². The molecule has 2 atom stereocenters. The molecule has 76 valence electrons. The molecule has 0 aromatic carbocycles. The van der Waals surface area contributed by atoms with Crippen LogP contribution in [-0.2, 0) is 6.54 Å². The molecule has 1 aliphatic carbocycles. The number of carboxylic acid groups (broad SMARTS) is 1. The lowest BCUT2D eigenvalue weighted by Gasteiger charge is -1.98. The first-order valence-corrected chi connectivity index (χ1v) is 5.54. The third-order valence-corrected chi connectivity index (χ3v) is 3.59. The lowest BCUT2D eigenvalue weighted by atomic mass is 10.4. The third-order valence-electron chi connectivity index (χ3n) is 2.52. The van der Waals surface area contributed by atoms with Gasteiger partial charge in [0.2, 0.25) is 0 Å². The second kappa shape index (κ2) is 3.71. The summed E-state index contributed by atoms with van der Waals surface area (Å²) in [6.07, 6.45) is 1.25. The number of hydrogen-bond acceptors (Lipinski definition) is 3. The summed E-state index contributed by atoms with van der Waals surface area (Å²) in [5.74, 6) is -0.0463. The Labute approximate surface area is 86.8 Å². The van der Waals surface area contributed by atoms with E-state index in [1.54, 1.807) is 6.07 Å². The van der Waals surface area contributed by atoms with Crippen molar-refractivity contribution in [2.45, 2.75) is 25.9 Å². The highest BCUT2D eigenvalue weighted by molar-refractivity contribution is 7.13. The minimum absolute atomic E-state index is 0.422. The predicted molar refractivity (Wildman–Crippen MR) is 55.7 cm³/mol. The first-order valence-electron chi connectivity index (χ1n) is 4.72. The van der Waals surface area contributed by atoms with Gasteiger partial charge in [-0.25, -0.2) is 4.79 Å². The van der Waals surface area contributed by atoms with E-state index in [4.69, 9.17) is 5.11 Å². The highest BCUT2D eigenvalue weighted by Crippen LogP contribution is 2.29. The lowest BCUT2D eigenvalue weighted by Crippen LogP contribution is -2.16. The quantitative estimate of drug-likeness (QED) is 0.800. The Bertz CT molecular complexity index is 348. The minimum Gasteiger partial charge on any atom is -0.477 e. The summed E-state index contributed by atoms with van der Waals surface area (Å²) in [7, 11) is 0. The van der Waals surface area contributed by atoms with Crippen LogP contribution in [0, 0.1) is 5.92 Å². The predicted octanol–water partition coefficient (Wildman–Crippen LogP) is 1.94. The van der Waals surface area contributed by atoms with Crippen molar-refractivity contribution in [3.05, 3.63) is 21.9 Å². The van der Waals surface area contributed by atoms with Gasteiger partial charge < -0.3 is 10.4 Å². The van der Waals surface area contributed by atoms with Gasteiger partial charge in [0.05, 0.1) is 0 Å². The molecule has 1 heterocycles. The summed E-state index contributed by atoms with van der Waals surface area (Å²) in [6, 6.07) is 4.19. The van der Waals surface area contributed by atoms with Crippen LogP contribution in [0.3, 0.4) is 0 Å². The summed E-state index contributed by atoms with van der Waals surface area (Å²) in [6.45, 7) is 3.02. The fourth-order valence-electron chi connectivity index (χ4n) is 1.43. The number of thiophene rings is 1. The molecule has 1 aliphatic rings.